The van der Waals surface area contributed by atoms with Gasteiger partial charge in [0, 0.05) is 6.08 Å². The van der Waals surface area contributed by atoms with Gasteiger partial charge >= 0.3 is 5.97 Å². The molecule has 1 aromatic rings. The van der Waals surface area contributed by atoms with Gasteiger partial charge in [0.25, 0.3) is 0 Å². The molecule has 0 aliphatic heterocycles. The first-order valence-electron chi connectivity index (χ1n) is 7.05. The highest BCUT2D eigenvalue weighted by molar-refractivity contribution is 9.10. The average Bonchev–Trinajstić information content (AvgIpc) is 2.45. The normalized spacial score (nSPS) is 11.1. The van der Waals surface area contributed by atoms with Crippen LogP contribution in [0, 0.1) is 0 Å². The molecule has 0 aliphatic rings. The number of aliphatic carboxylic acids is 1. The van der Waals surface area contributed by atoms with Crippen molar-refractivity contribution in [3.05, 3.63) is 28.2 Å². The fraction of sp³-hybridized carbons (Fsp3) is 0.438. The summed E-state index contributed by atoms with van der Waals surface area (Å²) in [5, 5.41) is 8.70. The van der Waals surface area contributed by atoms with Gasteiger partial charge in [-0.25, -0.2) is 4.79 Å². The van der Waals surface area contributed by atoms with Gasteiger partial charge in [-0.05, 0) is 59.5 Å². The molecule has 0 saturated heterocycles. The van der Waals surface area contributed by atoms with Crippen LogP contribution in [0.2, 0.25) is 0 Å². The topological polar surface area (TPSA) is 55.8 Å². The van der Waals surface area contributed by atoms with Crippen LogP contribution in [0.4, 0.5) is 0 Å². The van der Waals surface area contributed by atoms with Gasteiger partial charge in [0.05, 0.1) is 17.2 Å². The van der Waals surface area contributed by atoms with Gasteiger partial charge in [-0.15, -0.1) is 0 Å². The highest BCUT2D eigenvalue weighted by atomic mass is 79.9. The summed E-state index contributed by atoms with van der Waals surface area (Å²) in [6.45, 7) is 6.56. The molecule has 1 aromatic carbocycles. The van der Waals surface area contributed by atoms with Crippen molar-refractivity contribution in [2.45, 2.75) is 39.7 Å². The Morgan fingerprint density at radius 1 is 1.33 bits per heavy atom. The van der Waals surface area contributed by atoms with E-state index in [1.165, 1.54) is 6.08 Å². The van der Waals surface area contributed by atoms with E-state index >= 15 is 0 Å². The van der Waals surface area contributed by atoms with Gasteiger partial charge in [0.1, 0.15) is 0 Å². The molecule has 5 heteroatoms. The standard InChI is InChI=1S/C16H21BrO4/c1-4-12(5-2)21-16-13(17)9-11(7-8-15(18)19)10-14(16)20-6-3/h7-10,12H,4-6H2,1-3H3,(H,18,19)/b8-7+. The maximum absolute atomic E-state index is 10.6. The van der Waals surface area contributed by atoms with Crippen molar-refractivity contribution in [3.8, 4) is 11.5 Å². The molecule has 0 aliphatic carbocycles. The molecule has 0 radical (unpaired) electrons. The van der Waals surface area contributed by atoms with E-state index in [0.717, 1.165) is 29.0 Å². The number of carboxylic acid groups (broad SMARTS) is 1. The van der Waals surface area contributed by atoms with Crippen LogP contribution in [0.3, 0.4) is 0 Å². The molecule has 116 valence electrons. The van der Waals surface area contributed by atoms with Gasteiger partial charge in [0.2, 0.25) is 0 Å². The van der Waals surface area contributed by atoms with E-state index in [4.69, 9.17) is 14.6 Å². The van der Waals surface area contributed by atoms with Crippen LogP contribution in [0.15, 0.2) is 22.7 Å². The third kappa shape index (κ3) is 5.42. The summed E-state index contributed by atoms with van der Waals surface area (Å²) in [5.74, 6) is 0.295. The lowest BCUT2D eigenvalue weighted by Crippen LogP contribution is -2.15. The van der Waals surface area contributed by atoms with Gasteiger partial charge in [-0.2, -0.15) is 0 Å². The second kappa shape index (κ2) is 8.72. The zero-order valence-electron chi connectivity index (χ0n) is 12.6. The first-order chi connectivity index (χ1) is 10.0. The highest BCUT2D eigenvalue weighted by Gasteiger charge is 2.15. The fourth-order valence-electron chi connectivity index (χ4n) is 1.85. The second-order valence-electron chi connectivity index (χ2n) is 4.49. The number of ether oxygens (including phenoxy) is 2. The van der Waals surface area contributed by atoms with E-state index < -0.39 is 5.97 Å². The van der Waals surface area contributed by atoms with Gasteiger partial charge in [-0.1, -0.05) is 13.8 Å². The minimum absolute atomic E-state index is 0.126. The van der Waals surface area contributed by atoms with E-state index in [0.29, 0.717) is 18.1 Å². The molecule has 0 saturated carbocycles. The zero-order chi connectivity index (χ0) is 15.8. The predicted octanol–water partition coefficient (Wildman–Crippen LogP) is 4.51. The van der Waals surface area contributed by atoms with Gasteiger partial charge in [-0.3, -0.25) is 0 Å². The van der Waals surface area contributed by atoms with E-state index in [2.05, 4.69) is 29.8 Å². The van der Waals surface area contributed by atoms with E-state index in [1.54, 1.807) is 6.07 Å². The molecule has 21 heavy (non-hydrogen) atoms. The van der Waals surface area contributed by atoms with Crippen molar-refractivity contribution in [2.24, 2.45) is 0 Å². The molecule has 0 fully saturated rings. The Hall–Kier alpha value is -1.49. The molecule has 0 unspecified atom stereocenters. The maximum atomic E-state index is 10.6. The molecular weight excluding hydrogens is 336 g/mol. The first-order valence-corrected chi connectivity index (χ1v) is 7.85. The Morgan fingerprint density at radius 3 is 2.52 bits per heavy atom. The summed E-state index contributed by atoms with van der Waals surface area (Å²) in [6, 6.07) is 3.60. The smallest absolute Gasteiger partial charge is 0.328 e. The third-order valence-electron chi connectivity index (χ3n) is 2.95. The Kier molecular flexibility index (Phi) is 7.29. The molecular formula is C16H21BrO4. The SMILES string of the molecule is CCOc1cc(/C=C/C(=O)O)cc(Br)c1OC(CC)CC. The molecule has 0 amide bonds. The lowest BCUT2D eigenvalue weighted by atomic mass is 10.1. The van der Waals surface area contributed by atoms with Crippen LogP contribution in [-0.4, -0.2) is 23.8 Å². The largest absolute Gasteiger partial charge is 0.490 e. The van der Waals surface area contributed by atoms with Crippen LogP contribution in [0.25, 0.3) is 6.08 Å². The highest BCUT2D eigenvalue weighted by Crippen LogP contribution is 2.38. The summed E-state index contributed by atoms with van der Waals surface area (Å²) in [5.41, 5.74) is 0.740. The Morgan fingerprint density at radius 2 is 2.00 bits per heavy atom. The van der Waals surface area contributed by atoms with Crippen LogP contribution in [0.5, 0.6) is 11.5 Å². The van der Waals surface area contributed by atoms with E-state index in [9.17, 15) is 4.79 Å². The summed E-state index contributed by atoms with van der Waals surface area (Å²) in [4.78, 5) is 10.6. The lowest BCUT2D eigenvalue weighted by Gasteiger charge is -2.20. The van der Waals surface area contributed by atoms with Crippen LogP contribution >= 0.6 is 15.9 Å². The van der Waals surface area contributed by atoms with Crippen LogP contribution in [-0.2, 0) is 4.79 Å². The number of benzene rings is 1. The Labute approximate surface area is 133 Å². The van der Waals surface area contributed by atoms with Crippen molar-refractivity contribution in [1.29, 1.82) is 0 Å². The van der Waals surface area contributed by atoms with Crippen molar-refractivity contribution in [3.63, 3.8) is 0 Å². The maximum Gasteiger partial charge on any atom is 0.328 e. The Balaban J connectivity index is 3.15. The number of hydrogen-bond donors (Lipinski definition) is 1. The molecule has 0 spiro atoms. The number of hydrogen-bond acceptors (Lipinski definition) is 3. The molecule has 1 rings (SSSR count). The molecule has 0 aromatic heterocycles. The van der Waals surface area contributed by atoms with Crippen molar-refractivity contribution in [1.82, 2.24) is 0 Å². The predicted molar refractivity (Wildman–Crippen MR) is 87.0 cm³/mol. The van der Waals surface area contributed by atoms with Crippen LogP contribution in [0.1, 0.15) is 39.2 Å². The molecule has 1 N–H and O–H groups in total. The van der Waals surface area contributed by atoms with Crippen molar-refractivity contribution >= 4 is 28.0 Å². The van der Waals surface area contributed by atoms with E-state index in [-0.39, 0.29) is 6.10 Å². The first kappa shape index (κ1) is 17.6. The summed E-state index contributed by atoms with van der Waals surface area (Å²) >= 11 is 3.48. The van der Waals surface area contributed by atoms with Crippen LogP contribution < -0.4 is 9.47 Å². The summed E-state index contributed by atoms with van der Waals surface area (Å²) in [7, 11) is 0. The quantitative estimate of drug-likeness (QED) is 0.696. The van der Waals surface area contributed by atoms with Crippen molar-refractivity contribution in [2.75, 3.05) is 6.61 Å². The monoisotopic (exact) mass is 356 g/mol. The van der Waals surface area contributed by atoms with Gasteiger partial charge < -0.3 is 14.6 Å². The molecule has 4 nitrogen and oxygen atoms in total. The zero-order valence-corrected chi connectivity index (χ0v) is 14.1. The summed E-state index contributed by atoms with van der Waals surface area (Å²) in [6.07, 6.45) is 4.57. The van der Waals surface area contributed by atoms with Gasteiger partial charge in [0.15, 0.2) is 11.5 Å². The number of rotatable bonds is 8. The second-order valence-corrected chi connectivity index (χ2v) is 5.35. The fourth-order valence-corrected chi connectivity index (χ4v) is 2.40. The third-order valence-corrected chi connectivity index (χ3v) is 3.53. The number of halogens is 1. The minimum Gasteiger partial charge on any atom is -0.490 e. The van der Waals surface area contributed by atoms with Crippen molar-refractivity contribution < 1.29 is 19.4 Å². The van der Waals surface area contributed by atoms with E-state index in [1.807, 2.05) is 13.0 Å². The summed E-state index contributed by atoms with van der Waals surface area (Å²) < 4.78 is 12.4. The molecule has 0 atom stereocenters. The molecule has 0 bridgehead atoms. The number of carbonyl (C=O) groups is 1. The minimum atomic E-state index is -0.985. The molecule has 0 heterocycles. The number of carboxylic acids is 1. The average molecular weight is 357 g/mol. The Bertz CT molecular complexity index is 507. The lowest BCUT2D eigenvalue weighted by molar-refractivity contribution is -0.131.